The van der Waals surface area contributed by atoms with E-state index in [2.05, 4.69) is 5.16 Å². The molecule has 0 aliphatic carbocycles. The van der Waals surface area contributed by atoms with Gasteiger partial charge in [0.15, 0.2) is 5.78 Å². The van der Waals surface area contributed by atoms with Crippen molar-refractivity contribution < 1.29 is 27.3 Å². The van der Waals surface area contributed by atoms with Gasteiger partial charge in [-0.05, 0) is 31.4 Å². The van der Waals surface area contributed by atoms with Crippen LogP contribution >= 0.6 is 0 Å². The molecule has 1 aromatic carbocycles. The molecule has 8 heteroatoms. The van der Waals surface area contributed by atoms with Crippen molar-refractivity contribution in [2.75, 3.05) is 13.1 Å². The minimum Gasteiger partial charge on any atom is -0.361 e. The maximum atomic E-state index is 12.9. The number of hydrogen-bond donors (Lipinski definition) is 0. The van der Waals surface area contributed by atoms with Crippen molar-refractivity contribution in [2.45, 2.75) is 38.8 Å². The number of alkyl halides is 3. The van der Waals surface area contributed by atoms with E-state index in [0.717, 1.165) is 18.6 Å². The highest BCUT2D eigenvalue weighted by molar-refractivity contribution is 5.99. The fraction of sp³-hybridized carbons (Fsp3) is 0.450. The third kappa shape index (κ3) is 4.26. The summed E-state index contributed by atoms with van der Waals surface area (Å²) in [5.74, 6) is -0.650. The van der Waals surface area contributed by atoms with E-state index >= 15 is 0 Å². The molecular formula is C20H21F3N2O3. The Labute approximate surface area is 160 Å². The number of hydrogen-bond acceptors (Lipinski definition) is 4. The van der Waals surface area contributed by atoms with E-state index in [1.165, 1.54) is 18.3 Å². The monoisotopic (exact) mass is 394 g/mol. The summed E-state index contributed by atoms with van der Waals surface area (Å²) in [4.78, 5) is 27.1. The van der Waals surface area contributed by atoms with Crippen molar-refractivity contribution in [1.82, 2.24) is 10.1 Å². The number of amides is 1. The van der Waals surface area contributed by atoms with Gasteiger partial charge in [-0.15, -0.1) is 0 Å². The van der Waals surface area contributed by atoms with Gasteiger partial charge >= 0.3 is 6.18 Å². The standard InChI is InChI=1S/C20H21F3N2O3/c1-2-5-17-16(11-24-28-17)19(27)25-9-4-7-14(12-25)18(26)13-6-3-8-15(10-13)20(21,22)23/h3,6,8,10-11,14H,2,4-5,7,9,12H2,1H3. The lowest BCUT2D eigenvalue weighted by Gasteiger charge is -2.32. The number of likely N-dealkylation sites (tertiary alicyclic amines) is 1. The van der Waals surface area contributed by atoms with Crippen molar-refractivity contribution in [3.63, 3.8) is 0 Å². The van der Waals surface area contributed by atoms with Crippen LogP contribution in [-0.2, 0) is 12.6 Å². The second-order valence-electron chi connectivity index (χ2n) is 6.95. The van der Waals surface area contributed by atoms with Crippen molar-refractivity contribution >= 4 is 11.7 Å². The highest BCUT2D eigenvalue weighted by atomic mass is 19.4. The van der Waals surface area contributed by atoms with Gasteiger partial charge in [0, 0.05) is 31.0 Å². The van der Waals surface area contributed by atoms with Crippen molar-refractivity contribution in [1.29, 1.82) is 0 Å². The van der Waals surface area contributed by atoms with Gasteiger partial charge in [-0.2, -0.15) is 13.2 Å². The Morgan fingerprint density at radius 3 is 2.82 bits per heavy atom. The number of nitrogens with zero attached hydrogens (tertiary/aromatic N) is 2. The summed E-state index contributed by atoms with van der Waals surface area (Å²) >= 11 is 0. The molecule has 0 spiro atoms. The van der Waals surface area contributed by atoms with Crippen LogP contribution in [0.2, 0.25) is 0 Å². The lowest BCUT2D eigenvalue weighted by molar-refractivity contribution is -0.137. The average molecular weight is 394 g/mol. The second-order valence-corrected chi connectivity index (χ2v) is 6.95. The van der Waals surface area contributed by atoms with E-state index in [-0.39, 0.29) is 23.8 Å². The Morgan fingerprint density at radius 1 is 1.32 bits per heavy atom. The summed E-state index contributed by atoms with van der Waals surface area (Å²) in [7, 11) is 0. The topological polar surface area (TPSA) is 63.4 Å². The molecule has 5 nitrogen and oxygen atoms in total. The third-order valence-corrected chi connectivity index (χ3v) is 4.91. The van der Waals surface area contributed by atoms with E-state index in [1.807, 2.05) is 6.92 Å². The summed E-state index contributed by atoms with van der Waals surface area (Å²) in [5.41, 5.74) is -0.449. The number of aryl methyl sites for hydroxylation is 1. The maximum absolute atomic E-state index is 12.9. The molecule has 28 heavy (non-hydrogen) atoms. The van der Waals surface area contributed by atoms with Gasteiger partial charge in [-0.1, -0.05) is 24.2 Å². The van der Waals surface area contributed by atoms with Crippen LogP contribution in [0.4, 0.5) is 13.2 Å². The van der Waals surface area contributed by atoms with Gasteiger partial charge in [-0.3, -0.25) is 9.59 Å². The van der Waals surface area contributed by atoms with Gasteiger partial charge < -0.3 is 9.42 Å². The number of carbonyl (C=O) groups is 2. The van der Waals surface area contributed by atoms with Gasteiger partial charge in [0.05, 0.1) is 11.8 Å². The average Bonchev–Trinajstić information content (AvgIpc) is 3.15. The molecule has 0 saturated carbocycles. The predicted molar refractivity (Wildman–Crippen MR) is 94.9 cm³/mol. The lowest BCUT2D eigenvalue weighted by atomic mass is 9.89. The fourth-order valence-corrected chi connectivity index (χ4v) is 3.48. The van der Waals surface area contributed by atoms with E-state index in [9.17, 15) is 22.8 Å². The van der Waals surface area contributed by atoms with Crippen LogP contribution in [0, 0.1) is 5.92 Å². The molecule has 1 fully saturated rings. The summed E-state index contributed by atoms with van der Waals surface area (Å²) in [6.45, 7) is 2.62. The van der Waals surface area contributed by atoms with Crippen LogP contribution < -0.4 is 0 Å². The first-order valence-electron chi connectivity index (χ1n) is 9.25. The number of rotatable bonds is 5. The number of halogens is 3. The van der Waals surface area contributed by atoms with Crippen LogP contribution in [0.5, 0.6) is 0 Å². The third-order valence-electron chi connectivity index (χ3n) is 4.91. The zero-order valence-electron chi connectivity index (χ0n) is 15.5. The molecule has 3 rings (SSSR count). The van der Waals surface area contributed by atoms with Gasteiger partial charge in [0.25, 0.3) is 5.91 Å². The van der Waals surface area contributed by atoms with Crippen LogP contribution in [-0.4, -0.2) is 34.8 Å². The normalized spacial score (nSPS) is 17.6. The first-order chi connectivity index (χ1) is 13.3. The van der Waals surface area contributed by atoms with Gasteiger partial charge in [0.1, 0.15) is 11.3 Å². The Kier molecular flexibility index (Phi) is 5.86. The molecule has 150 valence electrons. The minimum absolute atomic E-state index is 0.0192. The zero-order valence-corrected chi connectivity index (χ0v) is 15.5. The molecule has 2 heterocycles. The lowest BCUT2D eigenvalue weighted by Crippen LogP contribution is -2.42. The van der Waals surface area contributed by atoms with E-state index in [0.29, 0.717) is 37.1 Å². The number of benzene rings is 1. The maximum Gasteiger partial charge on any atom is 0.416 e. The molecule has 1 unspecified atom stereocenters. The quantitative estimate of drug-likeness (QED) is 0.706. The largest absolute Gasteiger partial charge is 0.416 e. The summed E-state index contributed by atoms with van der Waals surface area (Å²) < 4.78 is 43.9. The first kappa shape index (κ1) is 20.1. The summed E-state index contributed by atoms with van der Waals surface area (Å²) in [6.07, 6.45) is -0.603. The van der Waals surface area contributed by atoms with Crippen LogP contribution in [0.3, 0.4) is 0 Å². The zero-order chi connectivity index (χ0) is 20.3. The van der Waals surface area contributed by atoms with Gasteiger partial charge in [0.2, 0.25) is 0 Å². The molecule has 1 aliphatic rings. The summed E-state index contributed by atoms with van der Waals surface area (Å²) in [6, 6.07) is 4.44. The Hall–Kier alpha value is -2.64. The second kappa shape index (κ2) is 8.16. The predicted octanol–water partition coefficient (Wildman–Crippen LogP) is 4.38. The van der Waals surface area contributed by atoms with E-state index in [4.69, 9.17) is 4.52 Å². The molecule has 0 bridgehead atoms. The number of carbonyl (C=O) groups excluding carboxylic acids is 2. The molecule has 1 aromatic heterocycles. The number of ketones is 1. The molecule has 1 atom stereocenters. The molecule has 0 N–H and O–H groups in total. The molecule has 1 amide bonds. The van der Waals surface area contributed by atoms with Gasteiger partial charge in [-0.25, -0.2) is 0 Å². The Morgan fingerprint density at radius 2 is 2.11 bits per heavy atom. The molecular weight excluding hydrogens is 373 g/mol. The SMILES string of the molecule is CCCc1oncc1C(=O)N1CCCC(C(=O)c2cccc(C(F)(F)F)c2)C1. The highest BCUT2D eigenvalue weighted by Gasteiger charge is 2.34. The molecule has 1 saturated heterocycles. The Bertz CT molecular complexity index is 860. The molecule has 1 aliphatic heterocycles. The van der Waals surface area contributed by atoms with Crippen molar-refractivity contribution in [3.05, 3.63) is 52.9 Å². The van der Waals surface area contributed by atoms with Crippen LogP contribution in [0.1, 0.15) is 58.2 Å². The molecule has 0 radical (unpaired) electrons. The van der Waals surface area contributed by atoms with E-state index < -0.39 is 17.7 Å². The number of aromatic nitrogens is 1. The smallest absolute Gasteiger partial charge is 0.361 e. The van der Waals surface area contributed by atoms with Crippen molar-refractivity contribution in [3.8, 4) is 0 Å². The first-order valence-corrected chi connectivity index (χ1v) is 9.25. The summed E-state index contributed by atoms with van der Waals surface area (Å²) in [5, 5.41) is 3.70. The number of piperidine rings is 1. The minimum atomic E-state index is -4.51. The van der Waals surface area contributed by atoms with E-state index in [1.54, 1.807) is 4.90 Å². The van der Waals surface area contributed by atoms with Crippen LogP contribution in [0.15, 0.2) is 35.0 Å². The Balaban J connectivity index is 1.75. The van der Waals surface area contributed by atoms with Crippen LogP contribution in [0.25, 0.3) is 0 Å². The number of Topliss-reactive ketones (excluding diaryl/α,β-unsaturated/α-hetero) is 1. The fourth-order valence-electron chi connectivity index (χ4n) is 3.48. The molecule has 2 aromatic rings. The highest BCUT2D eigenvalue weighted by Crippen LogP contribution is 2.31. The van der Waals surface area contributed by atoms with Crippen molar-refractivity contribution in [2.24, 2.45) is 5.92 Å².